The summed E-state index contributed by atoms with van der Waals surface area (Å²) in [6, 6.07) is 13.3. The summed E-state index contributed by atoms with van der Waals surface area (Å²) in [5.74, 6) is -0.233. The number of hydrogen-bond acceptors (Lipinski definition) is 4. The van der Waals surface area contributed by atoms with Crippen LogP contribution in [-0.4, -0.2) is 14.3 Å². The Morgan fingerprint density at radius 3 is 2.50 bits per heavy atom. The van der Waals surface area contributed by atoms with Gasteiger partial charge in [0.05, 0.1) is 15.5 Å². The zero-order valence-electron chi connectivity index (χ0n) is 16.0. The number of rotatable bonds is 3. The van der Waals surface area contributed by atoms with E-state index in [0.29, 0.717) is 21.9 Å². The number of sulfone groups is 1. The van der Waals surface area contributed by atoms with Crippen LogP contribution in [0.3, 0.4) is 0 Å². The van der Waals surface area contributed by atoms with Gasteiger partial charge in [0.15, 0.2) is 9.84 Å². The first-order chi connectivity index (χ1) is 13.3. The van der Waals surface area contributed by atoms with E-state index in [9.17, 15) is 13.2 Å². The minimum Gasteiger partial charge on any atom is -0.347 e. The van der Waals surface area contributed by atoms with Crippen LogP contribution in [0.25, 0.3) is 10.4 Å². The Morgan fingerprint density at radius 1 is 1.07 bits per heavy atom. The lowest BCUT2D eigenvalue weighted by Crippen LogP contribution is -2.21. The zero-order chi connectivity index (χ0) is 20.1. The summed E-state index contributed by atoms with van der Waals surface area (Å²) in [5.41, 5.74) is 5.66. The smallest absolute Gasteiger partial charge is 0.261 e. The molecule has 144 valence electrons. The third-order valence-corrected chi connectivity index (χ3v) is 8.11. The minimum absolute atomic E-state index is 0.0560. The number of carbonyl (C=O) groups excluding carboxylic acids is 1. The monoisotopic (exact) mass is 411 g/mol. The van der Waals surface area contributed by atoms with E-state index in [2.05, 4.69) is 5.32 Å². The Kier molecular flexibility index (Phi) is 4.63. The van der Waals surface area contributed by atoms with Crippen molar-refractivity contribution in [3.05, 3.63) is 75.2 Å². The van der Waals surface area contributed by atoms with Crippen molar-refractivity contribution in [1.29, 1.82) is 0 Å². The fourth-order valence-electron chi connectivity index (χ4n) is 3.45. The van der Waals surface area contributed by atoms with E-state index in [4.69, 9.17) is 0 Å². The first-order valence-corrected chi connectivity index (χ1v) is 11.5. The van der Waals surface area contributed by atoms with E-state index in [-0.39, 0.29) is 11.7 Å². The lowest BCUT2D eigenvalue weighted by molar-refractivity contribution is 0.0955. The average Bonchev–Trinajstić information content (AvgIpc) is 3.06. The Morgan fingerprint density at radius 2 is 1.79 bits per heavy atom. The van der Waals surface area contributed by atoms with Crippen LogP contribution in [0.15, 0.2) is 47.4 Å². The highest BCUT2D eigenvalue weighted by Gasteiger charge is 2.32. The lowest BCUT2D eigenvalue weighted by Gasteiger charge is -2.20. The van der Waals surface area contributed by atoms with Crippen molar-refractivity contribution in [3.63, 3.8) is 0 Å². The summed E-state index contributed by atoms with van der Waals surface area (Å²) in [5, 5.41) is 2.94. The molecule has 0 spiro atoms. The molecule has 1 aliphatic rings. The molecule has 2 heterocycles. The number of fused-ring (bicyclic) bond motifs is 3. The van der Waals surface area contributed by atoms with Gasteiger partial charge in [0.25, 0.3) is 5.91 Å². The number of amides is 1. The van der Waals surface area contributed by atoms with Gasteiger partial charge in [0.1, 0.15) is 0 Å². The largest absolute Gasteiger partial charge is 0.347 e. The molecule has 1 aromatic heterocycles. The maximum Gasteiger partial charge on any atom is 0.261 e. The Balaban J connectivity index is 1.66. The molecule has 0 radical (unpaired) electrons. The molecular formula is C22H21NO3S2. The normalized spacial score (nSPS) is 14.2. The van der Waals surface area contributed by atoms with Crippen LogP contribution in [0, 0.1) is 20.8 Å². The first-order valence-electron chi connectivity index (χ1n) is 9.06. The van der Waals surface area contributed by atoms with Gasteiger partial charge in [0, 0.05) is 17.0 Å². The fourth-order valence-corrected chi connectivity index (χ4v) is 6.45. The summed E-state index contributed by atoms with van der Waals surface area (Å²) in [7, 11) is -3.39. The maximum absolute atomic E-state index is 12.7. The quantitative estimate of drug-likeness (QED) is 0.687. The van der Waals surface area contributed by atoms with E-state index in [0.717, 1.165) is 27.1 Å². The number of nitrogens with one attached hydrogen (secondary N) is 1. The van der Waals surface area contributed by atoms with Gasteiger partial charge < -0.3 is 5.32 Å². The predicted octanol–water partition coefficient (Wildman–Crippen LogP) is 4.56. The number of hydrogen-bond donors (Lipinski definition) is 1. The van der Waals surface area contributed by atoms with Gasteiger partial charge in [-0.2, -0.15) is 0 Å². The van der Waals surface area contributed by atoms with Crippen LogP contribution < -0.4 is 5.32 Å². The minimum atomic E-state index is -3.39. The van der Waals surface area contributed by atoms with E-state index < -0.39 is 9.84 Å². The Bertz CT molecular complexity index is 1190. The topological polar surface area (TPSA) is 63.2 Å². The van der Waals surface area contributed by atoms with Crippen LogP contribution >= 0.6 is 11.3 Å². The van der Waals surface area contributed by atoms with Crippen molar-refractivity contribution in [2.75, 3.05) is 0 Å². The van der Waals surface area contributed by atoms with Crippen molar-refractivity contribution >= 4 is 27.1 Å². The molecule has 0 aliphatic carbocycles. The molecule has 0 atom stereocenters. The van der Waals surface area contributed by atoms with Gasteiger partial charge in [-0.1, -0.05) is 35.9 Å². The lowest BCUT2D eigenvalue weighted by atomic mass is 10.00. The van der Waals surface area contributed by atoms with Gasteiger partial charge in [-0.25, -0.2) is 8.42 Å². The molecular weight excluding hydrogens is 390 g/mol. The highest BCUT2D eigenvalue weighted by molar-refractivity contribution is 7.91. The highest BCUT2D eigenvalue weighted by atomic mass is 32.2. The van der Waals surface area contributed by atoms with Gasteiger partial charge in [-0.15, -0.1) is 11.3 Å². The summed E-state index contributed by atoms with van der Waals surface area (Å²) in [4.78, 5) is 14.5. The second-order valence-corrected chi connectivity index (χ2v) is 10.3. The van der Waals surface area contributed by atoms with Crippen LogP contribution in [0.5, 0.6) is 0 Å². The molecule has 1 aliphatic heterocycles. The van der Waals surface area contributed by atoms with Crippen molar-refractivity contribution < 1.29 is 13.2 Å². The molecule has 0 bridgehead atoms. The second-order valence-electron chi connectivity index (χ2n) is 7.27. The zero-order valence-corrected chi connectivity index (χ0v) is 17.6. The first kappa shape index (κ1) is 18.9. The third-order valence-electron chi connectivity index (χ3n) is 5.21. The number of thiophene rings is 1. The van der Waals surface area contributed by atoms with Gasteiger partial charge in [0.2, 0.25) is 0 Å². The van der Waals surface area contributed by atoms with E-state index in [1.807, 2.05) is 51.1 Å². The number of benzene rings is 2. The van der Waals surface area contributed by atoms with Crippen molar-refractivity contribution in [2.24, 2.45) is 0 Å². The molecule has 0 fully saturated rings. The van der Waals surface area contributed by atoms with Crippen LogP contribution in [0.2, 0.25) is 0 Å². The average molecular weight is 412 g/mol. The maximum atomic E-state index is 12.7. The molecule has 3 aromatic rings. The van der Waals surface area contributed by atoms with E-state index >= 15 is 0 Å². The van der Waals surface area contributed by atoms with Crippen LogP contribution in [0.1, 0.15) is 37.5 Å². The molecule has 0 saturated heterocycles. The molecule has 28 heavy (non-hydrogen) atoms. The standard InChI is InChI=1S/C22H21NO3S2/c1-13-4-7-16(8-5-13)11-23-22(24)18-10-17-12-28(25,26)19-9-6-14(2)15(3)20(19)21(17)27-18/h4-10H,11-12H2,1-3H3,(H,23,24). The van der Waals surface area contributed by atoms with E-state index in [1.165, 1.54) is 16.9 Å². The van der Waals surface area contributed by atoms with Gasteiger partial charge in [-0.05, 0) is 55.2 Å². The summed E-state index contributed by atoms with van der Waals surface area (Å²) < 4.78 is 25.4. The van der Waals surface area contributed by atoms with Crippen molar-refractivity contribution in [3.8, 4) is 10.4 Å². The molecule has 6 heteroatoms. The molecule has 1 amide bonds. The molecule has 1 N–H and O–H groups in total. The fraction of sp³-hybridized carbons (Fsp3) is 0.227. The summed E-state index contributed by atoms with van der Waals surface area (Å²) in [6.45, 7) is 6.37. The summed E-state index contributed by atoms with van der Waals surface area (Å²) in [6.07, 6.45) is 0. The summed E-state index contributed by atoms with van der Waals surface area (Å²) >= 11 is 1.37. The molecule has 4 nitrogen and oxygen atoms in total. The Hall–Kier alpha value is -2.44. The molecule has 0 unspecified atom stereocenters. The number of aryl methyl sites for hydroxylation is 2. The molecule has 0 saturated carbocycles. The number of carbonyl (C=O) groups is 1. The molecule has 2 aromatic carbocycles. The SMILES string of the molecule is Cc1ccc(CNC(=O)c2cc3c(s2)-c2c(ccc(C)c2C)S(=O)(=O)C3)cc1. The third kappa shape index (κ3) is 3.27. The van der Waals surface area contributed by atoms with Crippen molar-refractivity contribution in [1.82, 2.24) is 5.32 Å². The van der Waals surface area contributed by atoms with Crippen LogP contribution in [-0.2, 0) is 22.1 Å². The molecule has 4 rings (SSSR count). The van der Waals surface area contributed by atoms with Gasteiger partial charge in [-0.3, -0.25) is 4.79 Å². The van der Waals surface area contributed by atoms with Gasteiger partial charge >= 0.3 is 0 Å². The predicted molar refractivity (Wildman–Crippen MR) is 112 cm³/mol. The van der Waals surface area contributed by atoms with E-state index in [1.54, 1.807) is 12.1 Å². The van der Waals surface area contributed by atoms with Crippen molar-refractivity contribution in [2.45, 2.75) is 38.0 Å². The van der Waals surface area contributed by atoms with Crippen LogP contribution in [0.4, 0.5) is 0 Å². The highest BCUT2D eigenvalue weighted by Crippen LogP contribution is 2.45. The second kappa shape index (κ2) is 6.87. The Labute approximate surface area is 169 Å².